The van der Waals surface area contributed by atoms with Gasteiger partial charge in [0.25, 0.3) is 0 Å². The molecule has 1 aromatic carbocycles. The predicted molar refractivity (Wildman–Crippen MR) is 116 cm³/mol. The molecule has 10 nitrogen and oxygen atoms in total. The van der Waals surface area contributed by atoms with Gasteiger partial charge in [-0.1, -0.05) is 6.07 Å². The average molecular weight is 475 g/mol. The molecule has 1 N–H and O–H groups in total. The van der Waals surface area contributed by atoms with Gasteiger partial charge in [-0.15, -0.1) is 0 Å². The molecule has 0 aromatic heterocycles. The van der Waals surface area contributed by atoms with Crippen LogP contribution in [-0.2, 0) is 24.8 Å². The van der Waals surface area contributed by atoms with E-state index in [0.717, 1.165) is 11.1 Å². The number of nitrogens with zero attached hydrogens (tertiary/aromatic N) is 3. The van der Waals surface area contributed by atoms with E-state index >= 15 is 0 Å². The third-order valence-electron chi connectivity index (χ3n) is 5.64. The van der Waals surface area contributed by atoms with E-state index in [-0.39, 0.29) is 49.4 Å². The molecule has 2 fully saturated rings. The highest BCUT2D eigenvalue weighted by Crippen LogP contribution is 2.20. The standard InChI is InChI=1S/C19H30N4O6S2/c1-16-3-4-18(15-17(16)2)31(27,28)23-8-6-21(7-9-23)19(24)20-5-14-30(25,26)22-10-12-29-13-11-22/h3-4,15H,5-14H2,1-2H3,(H,20,24). The molecule has 1 aromatic rings. The van der Waals surface area contributed by atoms with E-state index in [9.17, 15) is 21.6 Å². The minimum Gasteiger partial charge on any atom is -0.379 e. The first-order valence-corrected chi connectivity index (χ1v) is 13.3. The summed E-state index contributed by atoms with van der Waals surface area (Å²) in [4.78, 5) is 14.1. The summed E-state index contributed by atoms with van der Waals surface area (Å²) in [6.07, 6.45) is 0. The van der Waals surface area contributed by atoms with Crippen molar-refractivity contribution in [3.63, 3.8) is 0 Å². The van der Waals surface area contributed by atoms with E-state index < -0.39 is 20.0 Å². The van der Waals surface area contributed by atoms with Crippen LogP contribution in [0.15, 0.2) is 23.1 Å². The summed E-state index contributed by atoms with van der Waals surface area (Å²) in [6, 6.07) is 4.67. The van der Waals surface area contributed by atoms with Gasteiger partial charge in [0.2, 0.25) is 20.0 Å². The number of benzene rings is 1. The molecule has 31 heavy (non-hydrogen) atoms. The topological polar surface area (TPSA) is 116 Å². The average Bonchev–Trinajstić information content (AvgIpc) is 2.76. The Hall–Kier alpha value is -1.73. The third kappa shape index (κ3) is 5.75. The molecule has 2 aliphatic heterocycles. The zero-order valence-corrected chi connectivity index (χ0v) is 19.5. The fourth-order valence-corrected chi connectivity index (χ4v) is 6.34. The van der Waals surface area contributed by atoms with E-state index in [2.05, 4.69) is 5.32 Å². The number of amides is 2. The summed E-state index contributed by atoms with van der Waals surface area (Å²) in [5.41, 5.74) is 1.93. The lowest BCUT2D eigenvalue weighted by molar-refractivity contribution is 0.0730. The fourth-order valence-electron chi connectivity index (χ4n) is 3.51. The maximum absolute atomic E-state index is 12.9. The largest absolute Gasteiger partial charge is 0.379 e. The number of morpholine rings is 1. The number of aryl methyl sites for hydroxylation is 2. The van der Waals surface area contributed by atoms with Crippen molar-refractivity contribution in [2.45, 2.75) is 18.7 Å². The molecule has 0 atom stereocenters. The highest BCUT2D eigenvalue weighted by atomic mass is 32.2. The number of piperazine rings is 1. The molecule has 2 aliphatic rings. The number of ether oxygens (including phenoxy) is 1. The van der Waals surface area contributed by atoms with Crippen LogP contribution >= 0.6 is 0 Å². The van der Waals surface area contributed by atoms with E-state index in [1.54, 1.807) is 18.2 Å². The van der Waals surface area contributed by atoms with Gasteiger partial charge in [-0.05, 0) is 37.1 Å². The van der Waals surface area contributed by atoms with Gasteiger partial charge in [0.15, 0.2) is 0 Å². The summed E-state index contributed by atoms with van der Waals surface area (Å²) in [5, 5.41) is 2.63. The Bertz CT molecular complexity index is 998. The molecule has 0 aliphatic carbocycles. The van der Waals surface area contributed by atoms with Crippen molar-refractivity contribution in [1.82, 2.24) is 18.8 Å². The number of hydrogen-bond acceptors (Lipinski definition) is 6. The molecule has 0 spiro atoms. The first kappa shape index (κ1) is 23.9. The van der Waals surface area contributed by atoms with Crippen molar-refractivity contribution in [3.8, 4) is 0 Å². The first-order chi connectivity index (χ1) is 14.6. The molecular formula is C19H30N4O6S2. The molecule has 0 unspecified atom stereocenters. The van der Waals surface area contributed by atoms with Gasteiger partial charge in [0.05, 0.1) is 23.9 Å². The van der Waals surface area contributed by atoms with Crippen molar-refractivity contribution in [1.29, 1.82) is 0 Å². The van der Waals surface area contributed by atoms with Crippen molar-refractivity contribution in [3.05, 3.63) is 29.3 Å². The van der Waals surface area contributed by atoms with Crippen LogP contribution in [0.5, 0.6) is 0 Å². The van der Waals surface area contributed by atoms with Gasteiger partial charge in [0.1, 0.15) is 0 Å². The van der Waals surface area contributed by atoms with Crippen LogP contribution in [0.3, 0.4) is 0 Å². The predicted octanol–water partition coefficient (Wildman–Crippen LogP) is -0.0187. The van der Waals surface area contributed by atoms with Crippen LogP contribution in [0, 0.1) is 13.8 Å². The molecular weight excluding hydrogens is 444 g/mol. The SMILES string of the molecule is Cc1ccc(S(=O)(=O)N2CCN(C(=O)NCCS(=O)(=O)N3CCOCC3)CC2)cc1C. The van der Waals surface area contributed by atoms with Crippen LogP contribution in [-0.4, -0.2) is 101 Å². The Morgan fingerprint density at radius 1 is 0.935 bits per heavy atom. The second-order valence-corrected chi connectivity index (χ2v) is 11.7. The maximum atomic E-state index is 12.9. The van der Waals surface area contributed by atoms with Gasteiger partial charge in [0, 0.05) is 45.8 Å². The smallest absolute Gasteiger partial charge is 0.317 e. The van der Waals surface area contributed by atoms with Gasteiger partial charge < -0.3 is 15.0 Å². The molecule has 0 bridgehead atoms. The van der Waals surface area contributed by atoms with E-state index in [4.69, 9.17) is 4.74 Å². The third-order valence-corrected chi connectivity index (χ3v) is 9.41. The van der Waals surface area contributed by atoms with Gasteiger partial charge in [-0.25, -0.2) is 21.6 Å². The van der Waals surface area contributed by atoms with Crippen molar-refractivity contribution in [2.75, 3.05) is 64.8 Å². The molecule has 2 saturated heterocycles. The summed E-state index contributed by atoms with van der Waals surface area (Å²) in [7, 11) is -7.06. The zero-order chi connectivity index (χ0) is 22.6. The Labute approximate surface area is 184 Å². The number of hydrogen-bond donors (Lipinski definition) is 1. The highest BCUT2D eigenvalue weighted by molar-refractivity contribution is 7.89. The summed E-state index contributed by atoms with van der Waals surface area (Å²) >= 11 is 0. The van der Waals surface area contributed by atoms with Crippen LogP contribution < -0.4 is 5.32 Å². The fraction of sp³-hybridized carbons (Fsp3) is 0.632. The number of rotatable bonds is 6. The second-order valence-electron chi connectivity index (χ2n) is 7.70. The Kier molecular flexibility index (Phi) is 7.58. The van der Waals surface area contributed by atoms with Gasteiger partial charge >= 0.3 is 6.03 Å². The number of nitrogens with one attached hydrogen (secondary N) is 1. The van der Waals surface area contributed by atoms with E-state index in [1.807, 2.05) is 13.8 Å². The maximum Gasteiger partial charge on any atom is 0.317 e. The minimum absolute atomic E-state index is 0.000317. The quantitative estimate of drug-likeness (QED) is 0.620. The first-order valence-electron chi connectivity index (χ1n) is 10.3. The summed E-state index contributed by atoms with van der Waals surface area (Å²) in [5.74, 6) is -0.181. The lowest BCUT2D eigenvalue weighted by Gasteiger charge is -2.34. The van der Waals surface area contributed by atoms with Crippen molar-refractivity contribution in [2.24, 2.45) is 0 Å². The van der Waals surface area contributed by atoms with E-state index in [0.29, 0.717) is 26.3 Å². The van der Waals surface area contributed by atoms with Crippen LogP contribution in [0.25, 0.3) is 0 Å². The molecule has 12 heteroatoms. The minimum atomic E-state index is -3.62. The van der Waals surface area contributed by atoms with Crippen LogP contribution in [0.4, 0.5) is 4.79 Å². The second kappa shape index (κ2) is 9.82. The number of sulfonamides is 2. The zero-order valence-electron chi connectivity index (χ0n) is 17.9. The highest BCUT2D eigenvalue weighted by Gasteiger charge is 2.30. The number of carbonyl (C=O) groups is 1. The van der Waals surface area contributed by atoms with Gasteiger partial charge in [-0.3, -0.25) is 0 Å². The Morgan fingerprint density at radius 3 is 2.19 bits per heavy atom. The molecule has 3 rings (SSSR count). The normalized spacial score (nSPS) is 19.4. The molecule has 174 valence electrons. The number of urea groups is 1. The summed E-state index contributed by atoms with van der Waals surface area (Å²) < 4.78 is 58.3. The van der Waals surface area contributed by atoms with Crippen molar-refractivity contribution < 1.29 is 26.4 Å². The monoisotopic (exact) mass is 474 g/mol. The Balaban J connectivity index is 1.48. The molecule has 2 amide bonds. The molecule has 0 saturated carbocycles. The van der Waals surface area contributed by atoms with Crippen molar-refractivity contribution >= 4 is 26.1 Å². The lowest BCUT2D eigenvalue weighted by atomic mass is 10.1. The summed E-state index contributed by atoms with van der Waals surface area (Å²) in [6.45, 7) is 6.06. The van der Waals surface area contributed by atoms with Gasteiger partial charge in [-0.2, -0.15) is 8.61 Å². The molecule has 0 radical (unpaired) electrons. The van der Waals surface area contributed by atoms with Crippen LogP contribution in [0.2, 0.25) is 0 Å². The van der Waals surface area contributed by atoms with Crippen LogP contribution in [0.1, 0.15) is 11.1 Å². The molecule has 2 heterocycles. The Morgan fingerprint density at radius 2 is 1.58 bits per heavy atom. The number of carbonyl (C=O) groups excluding carboxylic acids is 1. The lowest BCUT2D eigenvalue weighted by Crippen LogP contribution is -2.53. The van der Waals surface area contributed by atoms with E-state index in [1.165, 1.54) is 13.5 Å².